The molecular formula is C14H23NO2. The Bertz CT molecular complexity index is 328. The van der Waals surface area contributed by atoms with Gasteiger partial charge in [-0.2, -0.15) is 0 Å². The van der Waals surface area contributed by atoms with Crippen LogP contribution in [0.1, 0.15) is 38.8 Å². The smallest absolute Gasteiger partial charge is 0.119 e. The predicted molar refractivity (Wildman–Crippen MR) is 70.3 cm³/mol. The Morgan fingerprint density at radius 2 is 2.12 bits per heavy atom. The average Bonchev–Trinajstić information content (AvgIpc) is 2.36. The van der Waals surface area contributed by atoms with Crippen molar-refractivity contribution >= 4 is 0 Å². The van der Waals surface area contributed by atoms with Gasteiger partial charge in [0, 0.05) is 6.04 Å². The summed E-state index contributed by atoms with van der Waals surface area (Å²) in [4.78, 5) is 0. The van der Waals surface area contributed by atoms with Gasteiger partial charge in [0.15, 0.2) is 0 Å². The molecule has 0 bridgehead atoms. The van der Waals surface area contributed by atoms with E-state index in [4.69, 9.17) is 4.74 Å². The number of aliphatic hydroxyl groups excluding tert-OH is 1. The van der Waals surface area contributed by atoms with E-state index in [9.17, 15) is 5.11 Å². The first kappa shape index (κ1) is 14.0. The van der Waals surface area contributed by atoms with Crippen LogP contribution < -0.4 is 10.1 Å². The summed E-state index contributed by atoms with van der Waals surface area (Å²) in [6.07, 6.45) is 1.04. The molecule has 0 amide bonds. The molecule has 0 aromatic heterocycles. The Labute approximate surface area is 104 Å². The van der Waals surface area contributed by atoms with Gasteiger partial charge in [0.05, 0.1) is 19.3 Å². The molecule has 1 aromatic rings. The third-order valence-electron chi connectivity index (χ3n) is 2.85. The highest BCUT2D eigenvalue weighted by Crippen LogP contribution is 2.19. The van der Waals surface area contributed by atoms with Gasteiger partial charge < -0.3 is 15.2 Å². The maximum atomic E-state index is 9.44. The van der Waals surface area contributed by atoms with Crippen LogP contribution in [0.15, 0.2) is 24.3 Å². The normalized spacial score (nSPS) is 14.4. The van der Waals surface area contributed by atoms with Gasteiger partial charge in [-0.15, -0.1) is 0 Å². The first-order valence-corrected chi connectivity index (χ1v) is 6.30. The van der Waals surface area contributed by atoms with Gasteiger partial charge in [-0.3, -0.25) is 0 Å². The fraction of sp³-hybridized carbons (Fsp3) is 0.571. The lowest BCUT2D eigenvalue weighted by Gasteiger charge is -2.21. The molecule has 0 fully saturated rings. The van der Waals surface area contributed by atoms with Crippen LogP contribution in [0.4, 0.5) is 0 Å². The van der Waals surface area contributed by atoms with Crippen molar-refractivity contribution in [2.45, 2.75) is 39.3 Å². The summed E-state index contributed by atoms with van der Waals surface area (Å²) in [7, 11) is 0. The third-order valence-corrected chi connectivity index (χ3v) is 2.85. The molecular weight excluding hydrogens is 214 g/mol. The van der Waals surface area contributed by atoms with E-state index in [1.165, 1.54) is 0 Å². The highest BCUT2D eigenvalue weighted by Gasteiger charge is 2.12. The number of hydrogen-bond acceptors (Lipinski definition) is 3. The number of nitrogens with one attached hydrogen (secondary N) is 1. The minimum absolute atomic E-state index is 0.0228. The standard InChI is InChI=1S/C14H23NO2/c1-4-11(3)15-14(10-16)12-7-6-8-13(9-12)17-5-2/h6-9,11,14-16H,4-5,10H2,1-3H3. The maximum absolute atomic E-state index is 9.44. The van der Waals surface area contributed by atoms with Crippen molar-refractivity contribution < 1.29 is 9.84 Å². The monoisotopic (exact) mass is 237 g/mol. The van der Waals surface area contributed by atoms with Crippen molar-refractivity contribution in [3.8, 4) is 5.75 Å². The lowest BCUT2D eigenvalue weighted by atomic mass is 10.1. The molecule has 2 unspecified atom stereocenters. The number of ether oxygens (including phenoxy) is 1. The molecule has 0 aliphatic heterocycles. The molecule has 96 valence electrons. The van der Waals surface area contributed by atoms with Crippen LogP contribution in [0, 0.1) is 0 Å². The summed E-state index contributed by atoms with van der Waals surface area (Å²) >= 11 is 0. The Balaban J connectivity index is 2.76. The predicted octanol–water partition coefficient (Wildman–Crippen LogP) is 2.51. The Morgan fingerprint density at radius 1 is 1.35 bits per heavy atom. The van der Waals surface area contributed by atoms with E-state index in [2.05, 4.69) is 19.2 Å². The van der Waals surface area contributed by atoms with Crippen molar-refractivity contribution in [2.24, 2.45) is 0 Å². The van der Waals surface area contributed by atoms with Crippen LogP contribution in [-0.2, 0) is 0 Å². The highest BCUT2D eigenvalue weighted by atomic mass is 16.5. The number of aliphatic hydroxyl groups is 1. The quantitative estimate of drug-likeness (QED) is 0.765. The molecule has 17 heavy (non-hydrogen) atoms. The van der Waals surface area contributed by atoms with Crippen molar-refractivity contribution in [1.82, 2.24) is 5.32 Å². The molecule has 0 saturated heterocycles. The topological polar surface area (TPSA) is 41.5 Å². The summed E-state index contributed by atoms with van der Waals surface area (Å²) in [6.45, 7) is 6.97. The molecule has 0 heterocycles. The first-order chi connectivity index (χ1) is 8.21. The van der Waals surface area contributed by atoms with Crippen LogP contribution in [0.5, 0.6) is 5.75 Å². The molecule has 2 N–H and O–H groups in total. The van der Waals surface area contributed by atoms with Gasteiger partial charge in [0.2, 0.25) is 0 Å². The molecule has 3 nitrogen and oxygen atoms in total. The zero-order valence-electron chi connectivity index (χ0n) is 10.9. The van der Waals surface area contributed by atoms with E-state index < -0.39 is 0 Å². The summed E-state index contributed by atoms with van der Waals surface area (Å²) < 4.78 is 5.46. The van der Waals surface area contributed by atoms with Crippen molar-refractivity contribution in [2.75, 3.05) is 13.2 Å². The molecule has 1 rings (SSSR count). The Kier molecular flexibility index (Phi) is 6.01. The second-order valence-electron chi connectivity index (χ2n) is 4.22. The molecule has 0 saturated carbocycles. The van der Waals surface area contributed by atoms with Crippen LogP contribution in [0.25, 0.3) is 0 Å². The van der Waals surface area contributed by atoms with E-state index in [-0.39, 0.29) is 12.6 Å². The highest BCUT2D eigenvalue weighted by molar-refractivity contribution is 5.30. The largest absolute Gasteiger partial charge is 0.494 e. The van der Waals surface area contributed by atoms with Gasteiger partial charge in [-0.05, 0) is 38.0 Å². The Hall–Kier alpha value is -1.06. The summed E-state index contributed by atoms with van der Waals surface area (Å²) in [5.74, 6) is 0.856. The molecule has 0 radical (unpaired) electrons. The molecule has 2 atom stereocenters. The SMILES string of the molecule is CCOc1cccc(C(CO)NC(C)CC)c1. The number of rotatable bonds is 7. The Morgan fingerprint density at radius 3 is 2.71 bits per heavy atom. The van der Waals surface area contributed by atoms with Crippen LogP contribution in [-0.4, -0.2) is 24.4 Å². The number of hydrogen-bond donors (Lipinski definition) is 2. The van der Waals surface area contributed by atoms with Crippen LogP contribution >= 0.6 is 0 Å². The fourth-order valence-electron chi connectivity index (χ4n) is 1.70. The number of benzene rings is 1. The van der Waals surface area contributed by atoms with E-state index in [0.29, 0.717) is 12.6 Å². The van der Waals surface area contributed by atoms with E-state index >= 15 is 0 Å². The van der Waals surface area contributed by atoms with Crippen molar-refractivity contribution in [3.05, 3.63) is 29.8 Å². The average molecular weight is 237 g/mol. The first-order valence-electron chi connectivity index (χ1n) is 6.30. The lowest BCUT2D eigenvalue weighted by molar-refractivity contribution is 0.233. The zero-order valence-corrected chi connectivity index (χ0v) is 10.9. The lowest BCUT2D eigenvalue weighted by Crippen LogP contribution is -2.32. The molecule has 3 heteroatoms. The van der Waals surface area contributed by atoms with Crippen LogP contribution in [0.2, 0.25) is 0 Å². The fourth-order valence-corrected chi connectivity index (χ4v) is 1.70. The molecule has 0 aliphatic rings. The summed E-state index contributed by atoms with van der Waals surface area (Å²) in [6, 6.07) is 8.26. The summed E-state index contributed by atoms with van der Waals surface area (Å²) in [5, 5.41) is 12.8. The van der Waals surface area contributed by atoms with E-state index in [0.717, 1.165) is 17.7 Å². The van der Waals surface area contributed by atoms with E-state index in [1.807, 2.05) is 31.2 Å². The van der Waals surface area contributed by atoms with Crippen LogP contribution in [0.3, 0.4) is 0 Å². The van der Waals surface area contributed by atoms with Gasteiger partial charge >= 0.3 is 0 Å². The second-order valence-corrected chi connectivity index (χ2v) is 4.22. The van der Waals surface area contributed by atoms with E-state index in [1.54, 1.807) is 0 Å². The molecule has 0 spiro atoms. The minimum Gasteiger partial charge on any atom is -0.494 e. The molecule has 0 aliphatic carbocycles. The van der Waals surface area contributed by atoms with Gasteiger partial charge in [0.1, 0.15) is 5.75 Å². The van der Waals surface area contributed by atoms with Gasteiger partial charge in [0.25, 0.3) is 0 Å². The van der Waals surface area contributed by atoms with Gasteiger partial charge in [-0.1, -0.05) is 19.1 Å². The van der Waals surface area contributed by atoms with Crippen molar-refractivity contribution in [3.63, 3.8) is 0 Å². The molecule has 1 aromatic carbocycles. The van der Waals surface area contributed by atoms with Gasteiger partial charge in [-0.25, -0.2) is 0 Å². The second kappa shape index (κ2) is 7.30. The van der Waals surface area contributed by atoms with Crippen molar-refractivity contribution in [1.29, 1.82) is 0 Å². The third kappa shape index (κ3) is 4.36. The zero-order chi connectivity index (χ0) is 12.7. The minimum atomic E-state index is -0.0228. The summed E-state index contributed by atoms with van der Waals surface area (Å²) in [5.41, 5.74) is 1.07. The maximum Gasteiger partial charge on any atom is 0.119 e.